The highest BCUT2D eigenvalue weighted by molar-refractivity contribution is 7.10. The maximum Gasteiger partial charge on any atom is 0.256 e. The molecule has 3 rings (SSSR count). The first-order valence-electron chi connectivity index (χ1n) is 5.91. The molecule has 102 valence electrons. The molecule has 0 radical (unpaired) electrons. The van der Waals surface area contributed by atoms with Gasteiger partial charge in [-0.05, 0) is 41.6 Å². The van der Waals surface area contributed by atoms with E-state index in [0.29, 0.717) is 18.4 Å². The molecule has 0 fully saturated rings. The first-order chi connectivity index (χ1) is 9.72. The van der Waals surface area contributed by atoms with Crippen molar-refractivity contribution < 1.29 is 0 Å². The minimum absolute atomic E-state index is 0.135. The van der Waals surface area contributed by atoms with Gasteiger partial charge in [-0.1, -0.05) is 0 Å². The van der Waals surface area contributed by atoms with Crippen LogP contribution in [0.15, 0.2) is 29.9 Å². The second-order valence-corrected chi connectivity index (χ2v) is 5.40. The minimum Gasteiger partial charge on any atom is -0.349 e. The Morgan fingerprint density at radius 3 is 2.95 bits per heavy atom. The van der Waals surface area contributed by atoms with Gasteiger partial charge < -0.3 is 5.32 Å². The summed E-state index contributed by atoms with van der Waals surface area (Å²) in [6.45, 7) is 2.73. The van der Waals surface area contributed by atoms with Gasteiger partial charge in [-0.15, -0.1) is 11.3 Å². The first kappa shape index (κ1) is 13.0. The van der Waals surface area contributed by atoms with Crippen LogP contribution in [0.25, 0.3) is 5.95 Å². The van der Waals surface area contributed by atoms with Crippen molar-refractivity contribution in [2.24, 2.45) is 0 Å². The van der Waals surface area contributed by atoms with E-state index in [1.807, 2.05) is 0 Å². The molecule has 3 aromatic heterocycles. The Labute approximate surface area is 124 Å². The van der Waals surface area contributed by atoms with Gasteiger partial charge in [-0.25, -0.2) is 4.68 Å². The zero-order valence-corrected chi connectivity index (χ0v) is 12.2. The number of aromatic nitrogens is 5. The van der Waals surface area contributed by atoms with Crippen LogP contribution in [0, 0.1) is 6.92 Å². The fourth-order valence-corrected chi connectivity index (χ4v) is 2.65. The topological polar surface area (TPSA) is 68.5 Å². The van der Waals surface area contributed by atoms with Crippen molar-refractivity contribution in [3.8, 4) is 5.95 Å². The van der Waals surface area contributed by atoms with Crippen LogP contribution in [0.5, 0.6) is 0 Å². The quantitative estimate of drug-likeness (QED) is 0.802. The summed E-state index contributed by atoms with van der Waals surface area (Å²) in [7, 11) is 0. The largest absolute Gasteiger partial charge is 0.349 e. The molecule has 0 amide bonds. The number of nitrogens with one attached hydrogen (secondary N) is 1. The van der Waals surface area contributed by atoms with Gasteiger partial charge >= 0.3 is 0 Å². The molecule has 0 aliphatic carbocycles. The van der Waals surface area contributed by atoms with Crippen LogP contribution in [0.3, 0.4) is 0 Å². The van der Waals surface area contributed by atoms with E-state index < -0.39 is 0 Å². The first-order valence-corrected chi connectivity index (χ1v) is 7.16. The monoisotopic (exact) mass is 306 g/mol. The average molecular weight is 307 g/mol. The Morgan fingerprint density at radius 1 is 1.35 bits per heavy atom. The predicted octanol–water partition coefficient (Wildman–Crippen LogP) is 2.69. The summed E-state index contributed by atoms with van der Waals surface area (Å²) in [6, 6.07) is 3.87. The molecule has 0 saturated carbocycles. The maximum absolute atomic E-state index is 5.92. The number of nitrogens with zero attached hydrogens (tertiary/aromatic N) is 5. The lowest BCUT2D eigenvalue weighted by molar-refractivity contribution is 0.795. The number of anilines is 1. The van der Waals surface area contributed by atoms with Crippen molar-refractivity contribution in [3.05, 3.63) is 45.6 Å². The lowest BCUT2D eigenvalue weighted by Crippen LogP contribution is -2.09. The highest BCUT2D eigenvalue weighted by Crippen LogP contribution is 2.17. The maximum atomic E-state index is 5.92. The van der Waals surface area contributed by atoms with Crippen LogP contribution < -0.4 is 5.32 Å². The van der Waals surface area contributed by atoms with Gasteiger partial charge in [0.25, 0.3) is 5.95 Å². The van der Waals surface area contributed by atoms with Gasteiger partial charge in [0.05, 0.1) is 6.54 Å². The molecular weight excluding hydrogens is 296 g/mol. The smallest absolute Gasteiger partial charge is 0.256 e. The summed E-state index contributed by atoms with van der Waals surface area (Å²) in [6.07, 6.45) is 3.40. The molecule has 3 aromatic rings. The van der Waals surface area contributed by atoms with Crippen LogP contribution in [0.4, 0.5) is 5.95 Å². The van der Waals surface area contributed by atoms with Gasteiger partial charge in [-0.3, -0.25) is 0 Å². The van der Waals surface area contributed by atoms with Crippen LogP contribution >= 0.6 is 22.9 Å². The van der Waals surface area contributed by atoms with Crippen LogP contribution in [-0.2, 0) is 6.54 Å². The van der Waals surface area contributed by atoms with Gasteiger partial charge in [0.2, 0.25) is 11.2 Å². The molecular formula is C12H11ClN6S. The minimum atomic E-state index is 0.135. The van der Waals surface area contributed by atoms with Crippen molar-refractivity contribution >= 4 is 28.9 Å². The molecule has 0 aliphatic heterocycles. The molecule has 0 atom stereocenters. The van der Waals surface area contributed by atoms with Crippen LogP contribution in [0.1, 0.15) is 10.4 Å². The fourth-order valence-electron chi connectivity index (χ4n) is 1.65. The summed E-state index contributed by atoms with van der Waals surface area (Å²) in [5, 5.41) is 9.42. The highest BCUT2D eigenvalue weighted by Gasteiger charge is 2.07. The Hall–Kier alpha value is -1.99. The molecule has 0 aromatic carbocycles. The van der Waals surface area contributed by atoms with E-state index >= 15 is 0 Å². The molecule has 0 saturated heterocycles. The molecule has 0 spiro atoms. The molecule has 20 heavy (non-hydrogen) atoms. The Balaban J connectivity index is 1.81. The molecule has 6 nitrogen and oxygen atoms in total. The average Bonchev–Trinajstić information content (AvgIpc) is 3.07. The molecule has 0 aliphatic rings. The summed E-state index contributed by atoms with van der Waals surface area (Å²) in [5.74, 6) is 0.823. The summed E-state index contributed by atoms with van der Waals surface area (Å²) in [5.41, 5.74) is 1.25. The normalized spacial score (nSPS) is 10.7. The van der Waals surface area contributed by atoms with E-state index in [1.54, 1.807) is 29.8 Å². The lowest BCUT2D eigenvalue weighted by Gasteiger charge is -2.06. The molecule has 8 heteroatoms. The Morgan fingerprint density at radius 2 is 2.25 bits per heavy atom. The van der Waals surface area contributed by atoms with Gasteiger partial charge in [0.1, 0.15) is 0 Å². The summed E-state index contributed by atoms with van der Waals surface area (Å²) < 4.78 is 1.54. The second kappa shape index (κ2) is 5.56. The third-order valence-corrected chi connectivity index (χ3v) is 3.87. The standard InChI is InChI=1S/C12H11ClN6S/c1-8-3-6-20-9(8)7-14-11-16-10(13)17-12(18-11)19-5-2-4-15-19/h2-6H,7H2,1H3,(H,14,16,17,18). The summed E-state index contributed by atoms with van der Waals surface area (Å²) >= 11 is 7.61. The van der Waals surface area contributed by atoms with E-state index in [2.05, 4.69) is 43.7 Å². The number of aryl methyl sites for hydroxylation is 1. The summed E-state index contributed by atoms with van der Waals surface area (Å²) in [4.78, 5) is 13.6. The second-order valence-electron chi connectivity index (χ2n) is 4.06. The molecule has 1 N–H and O–H groups in total. The van der Waals surface area contributed by atoms with Crippen molar-refractivity contribution in [2.75, 3.05) is 5.32 Å². The molecule has 0 bridgehead atoms. The number of hydrogen-bond donors (Lipinski definition) is 1. The van der Waals surface area contributed by atoms with E-state index in [-0.39, 0.29) is 5.28 Å². The number of rotatable bonds is 4. The molecule has 3 heterocycles. The van der Waals surface area contributed by atoms with Crippen LogP contribution in [0.2, 0.25) is 5.28 Å². The van der Waals surface area contributed by atoms with E-state index in [4.69, 9.17) is 11.6 Å². The zero-order chi connectivity index (χ0) is 13.9. The van der Waals surface area contributed by atoms with E-state index in [1.165, 1.54) is 15.1 Å². The van der Waals surface area contributed by atoms with Crippen molar-refractivity contribution in [1.82, 2.24) is 24.7 Å². The van der Waals surface area contributed by atoms with Crippen molar-refractivity contribution in [2.45, 2.75) is 13.5 Å². The molecule has 0 unspecified atom stereocenters. The number of halogens is 1. The van der Waals surface area contributed by atoms with Crippen molar-refractivity contribution in [3.63, 3.8) is 0 Å². The van der Waals surface area contributed by atoms with E-state index in [9.17, 15) is 0 Å². The SMILES string of the molecule is Cc1ccsc1CNc1nc(Cl)nc(-n2cccn2)n1. The zero-order valence-electron chi connectivity index (χ0n) is 10.6. The Kier molecular flexibility index (Phi) is 3.62. The number of hydrogen-bond acceptors (Lipinski definition) is 6. The predicted molar refractivity (Wildman–Crippen MR) is 78.3 cm³/mol. The van der Waals surface area contributed by atoms with Crippen molar-refractivity contribution in [1.29, 1.82) is 0 Å². The Bertz CT molecular complexity index is 709. The highest BCUT2D eigenvalue weighted by atomic mass is 35.5. The van der Waals surface area contributed by atoms with E-state index in [0.717, 1.165) is 0 Å². The van der Waals surface area contributed by atoms with Gasteiger partial charge in [0, 0.05) is 17.3 Å². The van der Waals surface area contributed by atoms with Gasteiger partial charge in [0.15, 0.2) is 0 Å². The fraction of sp³-hybridized carbons (Fsp3) is 0.167. The third-order valence-electron chi connectivity index (χ3n) is 2.68. The van der Waals surface area contributed by atoms with Crippen LogP contribution in [-0.4, -0.2) is 24.7 Å². The van der Waals surface area contributed by atoms with Gasteiger partial charge in [-0.2, -0.15) is 20.1 Å². The third kappa shape index (κ3) is 2.78. The number of thiophene rings is 1. The lowest BCUT2D eigenvalue weighted by atomic mass is 10.3.